The molecule has 0 unspecified atom stereocenters. The molecule has 0 radical (unpaired) electrons. The van der Waals surface area contributed by atoms with Gasteiger partial charge in [0.25, 0.3) is 0 Å². The Kier molecular flexibility index (Phi) is 5.32. The van der Waals surface area contributed by atoms with Crippen molar-refractivity contribution in [2.24, 2.45) is 0 Å². The summed E-state index contributed by atoms with van der Waals surface area (Å²) in [4.78, 5) is 11.8. The topological polar surface area (TPSA) is 41.1 Å². The van der Waals surface area contributed by atoms with Crippen LogP contribution in [0.5, 0.6) is 0 Å². The first kappa shape index (κ1) is 14.8. The van der Waals surface area contributed by atoms with Crippen molar-refractivity contribution in [1.82, 2.24) is 5.32 Å². The third kappa shape index (κ3) is 4.18. The van der Waals surface area contributed by atoms with E-state index in [2.05, 4.69) is 45.6 Å². The van der Waals surface area contributed by atoms with E-state index in [9.17, 15) is 4.79 Å². The predicted octanol–water partition coefficient (Wildman–Crippen LogP) is 3.49. The normalized spacial score (nSPS) is 10.3. The van der Waals surface area contributed by atoms with Crippen LogP contribution in [0.1, 0.15) is 11.1 Å². The van der Waals surface area contributed by atoms with E-state index in [0.29, 0.717) is 6.54 Å². The third-order valence-electron chi connectivity index (χ3n) is 3.01. The van der Waals surface area contributed by atoms with Gasteiger partial charge in [0, 0.05) is 11.0 Å². The second-order valence-corrected chi connectivity index (χ2v) is 5.41. The Bertz CT molecular complexity index is 599. The second-order valence-electron chi connectivity index (χ2n) is 4.56. The van der Waals surface area contributed by atoms with E-state index in [1.54, 1.807) is 0 Å². The zero-order valence-electron chi connectivity index (χ0n) is 11.3. The summed E-state index contributed by atoms with van der Waals surface area (Å²) in [7, 11) is 0. The number of benzene rings is 2. The highest BCUT2D eigenvalue weighted by atomic mass is 79.9. The number of carbonyl (C=O) groups is 1. The van der Waals surface area contributed by atoms with E-state index < -0.39 is 0 Å². The summed E-state index contributed by atoms with van der Waals surface area (Å²) in [5.41, 5.74) is 3.22. The lowest BCUT2D eigenvalue weighted by molar-refractivity contribution is -0.115. The SMILES string of the molecule is Cc1ccccc1CNCC(=O)Nc1ccccc1Br. The first-order valence-corrected chi connectivity index (χ1v) is 7.26. The van der Waals surface area contributed by atoms with Gasteiger partial charge in [-0.25, -0.2) is 0 Å². The molecule has 0 bridgehead atoms. The molecule has 0 aliphatic rings. The van der Waals surface area contributed by atoms with Crippen LogP contribution in [0.2, 0.25) is 0 Å². The Morgan fingerprint density at radius 3 is 2.55 bits per heavy atom. The number of amides is 1. The Morgan fingerprint density at radius 2 is 1.80 bits per heavy atom. The summed E-state index contributed by atoms with van der Waals surface area (Å²) in [6.45, 7) is 3.05. The lowest BCUT2D eigenvalue weighted by Crippen LogP contribution is -2.28. The number of rotatable bonds is 5. The van der Waals surface area contributed by atoms with Crippen LogP contribution in [-0.4, -0.2) is 12.5 Å². The number of para-hydroxylation sites is 1. The van der Waals surface area contributed by atoms with Gasteiger partial charge in [-0.2, -0.15) is 0 Å². The average Bonchev–Trinajstić information content (AvgIpc) is 2.43. The van der Waals surface area contributed by atoms with Crippen molar-refractivity contribution in [3.8, 4) is 0 Å². The number of hydrogen-bond donors (Lipinski definition) is 2. The van der Waals surface area contributed by atoms with Gasteiger partial charge >= 0.3 is 0 Å². The van der Waals surface area contributed by atoms with Gasteiger partial charge in [-0.1, -0.05) is 36.4 Å². The number of carbonyl (C=O) groups excluding carboxylic acids is 1. The van der Waals surface area contributed by atoms with Crippen LogP contribution in [0, 0.1) is 6.92 Å². The summed E-state index contributed by atoms with van der Waals surface area (Å²) < 4.78 is 0.882. The van der Waals surface area contributed by atoms with Crippen LogP contribution in [0.3, 0.4) is 0 Å². The van der Waals surface area contributed by atoms with E-state index in [-0.39, 0.29) is 12.5 Å². The summed E-state index contributed by atoms with van der Waals surface area (Å²) >= 11 is 3.40. The maximum absolute atomic E-state index is 11.8. The van der Waals surface area contributed by atoms with E-state index in [0.717, 1.165) is 10.2 Å². The molecule has 0 fully saturated rings. The van der Waals surface area contributed by atoms with Crippen LogP contribution in [-0.2, 0) is 11.3 Å². The molecule has 0 aliphatic heterocycles. The highest BCUT2D eigenvalue weighted by Crippen LogP contribution is 2.20. The first-order valence-electron chi connectivity index (χ1n) is 6.46. The number of nitrogens with one attached hydrogen (secondary N) is 2. The van der Waals surface area contributed by atoms with Gasteiger partial charge in [0.1, 0.15) is 0 Å². The second kappa shape index (κ2) is 7.22. The molecule has 3 nitrogen and oxygen atoms in total. The molecular weight excluding hydrogens is 316 g/mol. The number of anilines is 1. The van der Waals surface area contributed by atoms with Crippen molar-refractivity contribution in [1.29, 1.82) is 0 Å². The van der Waals surface area contributed by atoms with Gasteiger partial charge in [0.05, 0.1) is 12.2 Å². The van der Waals surface area contributed by atoms with Crippen LogP contribution >= 0.6 is 15.9 Å². The standard InChI is InChI=1S/C16H17BrN2O/c1-12-6-2-3-7-13(12)10-18-11-16(20)19-15-9-5-4-8-14(15)17/h2-9,18H,10-11H2,1H3,(H,19,20). The molecule has 20 heavy (non-hydrogen) atoms. The van der Waals surface area contributed by atoms with E-state index in [1.807, 2.05) is 36.4 Å². The first-order chi connectivity index (χ1) is 9.66. The number of aryl methyl sites for hydroxylation is 1. The van der Waals surface area contributed by atoms with Crippen molar-refractivity contribution in [3.05, 3.63) is 64.1 Å². The molecule has 0 atom stereocenters. The molecule has 2 aromatic rings. The summed E-state index contributed by atoms with van der Waals surface area (Å²) in [5, 5.41) is 6.02. The maximum Gasteiger partial charge on any atom is 0.238 e. The van der Waals surface area contributed by atoms with Crippen molar-refractivity contribution in [2.75, 3.05) is 11.9 Å². The fourth-order valence-corrected chi connectivity index (χ4v) is 2.26. The van der Waals surface area contributed by atoms with Crippen molar-refractivity contribution < 1.29 is 4.79 Å². The third-order valence-corrected chi connectivity index (χ3v) is 3.70. The van der Waals surface area contributed by atoms with Crippen molar-refractivity contribution >= 4 is 27.5 Å². The predicted molar refractivity (Wildman–Crippen MR) is 85.7 cm³/mol. The number of hydrogen-bond acceptors (Lipinski definition) is 2. The highest BCUT2D eigenvalue weighted by molar-refractivity contribution is 9.10. The Balaban J connectivity index is 1.82. The fourth-order valence-electron chi connectivity index (χ4n) is 1.88. The zero-order valence-corrected chi connectivity index (χ0v) is 12.9. The van der Waals surface area contributed by atoms with E-state index in [1.165, 1.54) is 11.1 Å². The smallest absolute Gasteiger partial charge is 0.238 e. The lowest BCUT2D eigenvalue weighted by Gasteiger charge is -2.09. The molecule has 0 spiro atoms. The molecule has 2 N–H and O–H groups in total. The minimum absolute atomic E-state index is 0.0505. The van der Waals surface area contributed by atoms with Crippen LogP contribution in [0.15, 0.2) is 53.0 Å². The minimum Gasteiger partial charge on any atom is -0.324 e. The van der Waals surface area contributed by atoms with Crippen LogP contribution in [0.25, 0.3) is 0 Å². The molecule has 4 heteroatoms. The highest BCUT2D eigenvalue weighted by Gasteiger charge is 2.04. The van der Waals surface area contributed by atoms with Crippen LogP contribution < -0.4 is 10.6 Å². The minimum atomic E-state index is -0.0505. The molecule has 0 aromatic heterocycles. The maximum atomic E-state index is 11.8. The molecule has 0 heterocycles. The monoisotopic (exact) mass is 332 g/mol. The van der Waals surface area contributed by atoms with Gasteiger partial charge in [-0.15, -0.1) is 0 Å². The quantitative estimate of drug-likeness (QED) is 0.879. The van der Waals surface area contributed by atoms with Gasteiger partial charge in [0.2, 0.25) is 5.91 Å². The summed E-state index contributed by atoms with van der Waals surface area (Å²) in [5.74, 6) is -0.0505. The fraction of sp³-hybridized carbons (Fsp3) is 0.188. The van der Waals surface area contributed by atoms with Gasteiger partial charge in [0.15, 0.2) is 0 Å². The van der Waals surface area contributed by atoms with Gasteiger partial charge in [-0.3, -0.25) is 4.79 Å². The molecule has 2 rings (SSSR count). The molecule has 104 valence electrons. The molecule has 0 saturated carbocycles. The largest absolute Gasteiger partial charge is 0.324 e. The Morgan fingerprint density at radius 1 is 1.10 bits per heavy atom. The average molecular weight is 333 g/mol. The van der Waals surface area contributed by atoms with Crippen molar-refractivity contribution in [2.45, 2.75) is 13.5 Å². The van der Waals surface area contributed by atoms with Crippen molar-refractivity contribution in [3.63, 3.8) is 0 Å². The van der Waals surface area contributed by atoms with E-state index >= 15 is 0 Å². The molecular formula is C16H17BrN2O. The Labute approximate surface area is 127 Å². The zero-order chi connectivity index (χ0) is 14.4. The van der Waals surface area contributed by atoms with Gasteiger partial charge in [-0.05, 0) is 46.1 Å². The van der Waals surface area contributed by atoms with Crippen LogP contribution in [0.4, 0.5) is 5.69 Å². The summed E-state index contributed by atoms with van der Waals surface area (Å²) in [6.07, 6.45) is 0. The molecule has 1 amide bonds. The van der Waals surface area contributed by atoms with E-state index in [4.69, 9.17) is 0 Å². The molecule has 0 aliphatic carbocycles. The molecule has 2 aromatic carbocycles. The summed E-state index contributed by atoms with van der Waals surface area (Å²) in [6, 6.07) is 15.7. The molecule has 0 saturated heterocycles. The Hall–Kier alpha value is -1.65. The number of halogens is 1. The lowest BCUT2D eigenvalue weighted by atomic mass is 10.1. The van der Waals surface area contributed by atoms with Gasteiger partial charge < -0.3 is 10.6 Å².